The molecule has 0 aliphatic rings. The van der Waals surface area contributed by atoms with Gasteiger partial charge < -0.3 is 10.2 Å². The van der Waals surface area contributed by atoms with Gasteiger partial charge in [0.25, 0.3) is 0 Å². The average molecular weight is 271 g/mol. The molecule has 3 rings (SSSR count). The Morgan fingerprint density at radius 3 is 2.89 bits per heavy atom. The summed E-state index contributed by atoms with van der Waals surface area (Å²) in [6.45, 7) is 0. The van der Waals surface area contributed by atoms with Gasteiger partial charge in [-0.25, -0.2) is 0 Å². The fraction of sp³-hybridized carbons (Fsp3) is 0.250. The van der Waals surface area contributed by atoms with Crippen molar-refractivity contribution in [2.45, 2.75) is 25.3 Å². The monoisotopic (exact) mass is 271 g/mol. The molecule has 19 heavy (non-hydrogen) atoms. The van der Waals surface area contributed by atoms with Crippen LogP contribution in [0.1, 0.15) is 17.7 Å². The average Bonchev–Trinajstić information content (AvgIpc) is 3.07. The van der Waals surface area contributed by atoms with E-state index < -0.39 is 0 Å². The molecule has 2 aromatic heterocycles. The summed E-state index contributed by atoms with van der Waals surface area (Å²) in [5.41, 5.74) is 7.60. The molecule has 0 aliphatic carbocycles. The number of aryl methyl sites for hydroxylation is 1. The normalized spacial score (nSPS) is 12.9. The smallest absolute Gasteiger partial charge is 0.103 e. The van der Waals surface area contributed by atoms with Crippen molar-refractivity contribution in [3.05, 3.63) is 59.4 Å². The molecule has 0 spiro atoms. The topological polar surface area (TPSA) is 39.2 Å². The molecule has 0 fully saturated rings. The highest BCUT2D eigenvalue weighted by Crippen LogP contribution is 2.26. The van der Waals surface area contributed by atoms with E-state index in [0.29, 0.717) is 0 Å². The standard InChI is InChI=1S/C16H17NOS/c17-13(7-8-14-4-3-9-18-14)10-12-11-19-16-6-2-1-5-15(12)16/h1-6,9,11,13H,7-8,10,17H2. The van der Waals surface area contributed by atoms with Crippen LogP contribution in [-0.2, 0) is 12.8 Å². The van der Waals surface area contributed by atoms with E-state index in [1.807, 2.05) is 12.1 Å². The van der Waals surface area contributed by atoms with Crippen LogP contribution in [0.5, 0.6) is 0 Å². The van der Waals surface area contributed by atoms with Gasteiger partial charge in [0.2, 0.25) is 0 Å². The van der Waals surface area contributed by atoms with Gasteiger partial charge in [0.1, 0.15) is 5.76 Å². The minimum Gasteiger partial charge on any atom is -0.469 e. The quantitative estimate of drug-likeness (QED) is 0.762. The summed E-state index contributed by atoms with van der Waals surface area (Å²) in [7, 11) is 0. The summed E-state index contributed by atoms with van der Waals surface area (Å²) in [5, 5.41) is 3.58. The molecule has 0 saturated carbocycles. The van der Waals surface area contributed by atoms with Gasteiger partial charge in [-0.05, 0) is 47.4 Å². The van der Waals surface area contributed by atoms with Gasteiger partial charge in [0.05, 0.1) is 6.26 Å². The number of fused-ring (bicyclic) bond motifs is 1. The zero-order chi connectivity index (χ0) is 13.1. The molecule has 0 aliphatic heterocycles. The third kappa shape index (κ3) is 2.88. The van der Waals surface area contributed by atoms with Gasteiger partial charge >= 0.3 is 0 Å². The molecule has 3 heteroatoms. The van der Waals surface area contributed by atoms with Gasteiger partial charge in [0, 0.05) is 17.2 Å². The van der Waals surface area contributed by atoms with E-state index in [-0.39, 0.29) is 6.04 Å². The summed E-state index contributed by atoms with van der Waals surface area (Å²) in [6.07, 6.45) is 4.52. The maximum Gasteiger partial charge on any atom is 0.103 e. The molecular weight excluding hydrogens is 254 g/mol. The van der Waals surface area contributed by atoms with Crippen LogP contribution in [0.3, 0.4) is 0 Å². The summed E-state index contributed by atoms with van der Waals surface area (Å²) in [6, 6.07) is 12.6. The van der Waals surface area contributed by atoms with Crippen molar-refractivity contribution >= 4 is 21.4 Å². The Morgan fingerprint density at radius 1 is 1.16 bits per heavy atom. The third-order valence-electron chi connectivity index (χ3n) is 3.38. The molecule has 1 aromatic carbocycles. The Bertz CT molecular complexity index is 642. The molecule has 0 amide bonds. The molecule has 0 bridgehead atoms. The zero-order valence-corrected chi connectivity index (χ0v) is 11.5. The molecule has 1 atom stereocenters. The van der Waals surface area contributed by atoms with E-state index in [1.165, 1.54) is 15.6 Å². The van der Waals surface area contributed by atoms with Crippen LogP contribution in [0.4, 0.5) is 0 Å². The van der Waals surface area contributed by atoms with Crippen molar-refractivity contribution in [2.24, 2.45) is 5.73 Å². The summed E-state index contributed by atoms with van der Waals surface area (Å²) >= 11 is 1.80. The maximum atomic E-state index is 6.24. The molecule has 0 saturated heterocycles. The lowest BCUT2D eigenvalue weighted by Crippen LogP contribution is -2.23. The number of hydrogen-bond donors (Lipinski definition) is 1. The molecule has 1 unspecified atom stereocenters. The molecular formula is C16H17NOS. The van der Waals surface area contributed by atoms with Gasteiger partial charge in [-0.2, -0.15) is 0 Å². The first-order valence-electron chi connectivity index (χ1n) is 6.56. The Morgan fingerprint density at radius 2 is 2.05 bits per heavy atom. The first-order chi connectivity index (χ1) is 9.33. The number of nitrogens with two attached hydrogens (primary N) is 1. The first-order valence-corrected chi connectivity index (χ1v) is 7.44. The number of hydrogen-bond acceptors (Lipinski definition) is 3. The number of thiophene rings is 1. The highest BCUT2D eigenvalue weighted by atomic mass is 32.1. The number of rotatable bonds is 5. The van der Waals surface area contributed by atoms with Crippen LogP contribution in [0.15, 0.2) is 52.5 Å². The minimum atomic E-state index is 0.183. The van der Waals surface area contributed by atoms with Crippen LogP contribution in [0.2, 0.25) is 0 Å². The predicted octanol–water partition coefficient (Wildman–Crippen LogP) is 4.00. The Labute approximate surface area is 116 Å². The second-order valence-electron chi connectivity index (χ2n) is 4.84. The SMILES string of the molecule is NC(CCc1ccco1)Cc1csc2ccccc12. The van der Waals surface area contributed by atoms with Crippen LogP contribution in [0.25, 0.3) is 10.1 Å². The van der Waals surface area contributed by atoms with Crippen molar-refractivity contribution in [2.75, 3.05) is 0 Å². The molecule has 2 N–H and O–H groups in total. The largest absolute Gasteiger partial charge is 0.469 e. The van der Waals surface area contributed by atoms with Gasteiger partial charge in [0.15, 0.2) is 0 Å². The Balaban J connectivity index is 1.64. The molecule has 98 valence electrons. The second kappa shape index (κ2) is 5.59. The summed E-state index contributed by atoms with van der Waals surface area (Å²) in [5.74, 6) is 1.02. The molecule has 2 nitrogen and oxygen atoms in total. The lowest BCUT2D eigenvalue weighted by Gasteiger charge is -2.10. The van der Waals surface area contributed by atoms with Crippen molar-refractivity contribution in [1.29, 1.82) is 0 Å². The molecule has 0 radical (unpaired) electrons. The van der Waals surface area contributed by atoms with Crippen molar-refractivity contribution in [3.63, 3.8) is 0 Å². The minimum absolute atomic E-state index is 0.183. The molecule has 2 heterocycles. The van der Waals surface area contributed by atoms with Crippen LogP contribution >= 0.6 is 11.3 Å². The van der Waals surface area contributed by atoms with Gasteiger partial charge in [-0.15, -0.1) is 11.3 Å². The van der Waals surface area contributed by atoms with Crippen molar-refractivity contribution < 1.29 is 4.42 Å². The van der Waals surface area contributed by atoms with E-state index >= 15 is 0 Å². The Hall–Kier alpha value is -1.58. The van der Waals surface area contributed by atoms with Crippen LogP contribution in [0, 0.1) is 0 Å². The van der Waals surface area contributed by atoms with Crippen LogP contribution < -0.4 is 5.73 Å². The third-order valence-corrected chi connectivity index (χ3v) is 4.40. The van der Waals surface area contributed by atoms with Crippen molar-refractivity contribution in [1.82, 2.24) is 0 Å². The second-order valence-corrected chi connectivity index (χ2v) is 5.75. The zero-order valence-electron chi connectivity index (χ0n) is 10.7. The van der Waals surface area contributed by atoms with E-state index in [9.17, 15) is 0 Å². The number of benzene rings is 1. The van der Waals surface area contributed by atoms with E-state index in [0.717, 1.165) is 25.0 Å². The van der Waals surface area contributed by atoms with Crippen LogP contribution in [-0.4, -0.2) is 6.04 Å². The maximum absolute atomic E-state index is 6.24. The number of furan rings is 1. The lowest BCUT2D eigenvalue weighted by molar-refractivity contribution is 0.484. The van der Waals surface area contributed by atoms with Gasteiger partial charge in [-0.3, -0.25) is 0 Å². The summed E-state index contributed by atoms with van der Waals surface area (Å²) in [4.78, 5) is 0. The molecule has 3 aromatic rings. The first kappa shape index (κ1) is 12.5. The lowest BCUT2D eigenvalue weighted by atomic mass is 10.0. The van der Waals surface area contributed by atoms with E-state index in [2.05, 4.69) is 29.6 Å². The predicted molar refractivity (Wildman–Crippen MR) is 80.5 cm³/mol. The van der Waals surface area contributed by atoms with Gasteiger partial charge in [-0.1, -0.05) is 18.2 Å². The Kier molecular flexibility index (Phi) is 3.67. The highest BCUT2D eigenvalue weighted by Gasteiger charge is 2.09. The van der Waals surface area contributed by atoms with E-state index in [1.54, 1.807) is 17.6 Å². The van der Waals surface area contributed by atoms with E-state index in [4.69, 9.17) is 10.2 Å². The summed E-state index contributed by atoms with van der Waals surface area (Å²) < 4.78 is 6.68. The highest BCUT2D eigenvalue weighted by molar-refractivity contribution is 7.17. The van der Waals surface area contributed by atoms with Crippen molar-refractivity contribution in [3.8, 4) is 0 Å². The fourth-order valence-electron chi connectivity index (χ4n) is 2.36. The fourth-order valence-corrected chi connectivity index (χ4v) is 3.33.